The maximum Gasteiger partial charge on any atom is 0.0591 e. The minimum atomic E-state index is 0.778. The Kier molecular flexibility index (Phi) is 3.00. The average Bonchev–Trinajstić information content (AvgIpc) is 2.17. The van der Waals surface area contributed by atoms with Gasteiger partial charge in [-0.15, -0.1) is 0 Å². The highest BCUT2D eigenvalue weighted by Crippen LogP contribution is 2.34. The van der Waals surface area contributed by atoms with Gasteiger partial charge in [0.1, 0.15) is 0 Å². The van der Waals surface area contributed by atoms with Crippen molar-refractivity contribution in [1.82, 2.24) is 0 Å². The van der Waals surface area contributed by atoms with Crippen LogP contribution in [0.15, 0.2) is 24.3 Å². The lowest BCUT2D eigenvalue weighted by atomic mass is 9.86. The molecule has 0 unspecified atom stereocenters. The number of nitrogens with zero attached hydrogens (tertiary/aromatic N) is 1. The standard InChI is InChI=1S/C12H16IN/c1-9(2)11-7-10-5-3-4-6-12(10)14(13)8-11/h3-6,9,11H,7-8H2,1-2H3/t11-/m1/s1. The van der Waals surface area contributed by atoms with E-state index in [9.17, 15) is 0 Å². The molecule has 2 rings (SSSR count). The van der Waals surface area contributed by atoms with Crippen LogP contribution < -0.4 is 3.11 Å². The van der Waals surface area contributed by atoms with E-state index in [4.69, 9.17) is 0 Å². The zero-order chi connectivity index (χ0) is 10.1. The van der Waals surface area contributed by atoms with Gasteiger partial charge in [0.2, 0.25) is 0 Å². The Bertz CT molecular complexity index is 322. The van der Waals surface area contributed by atoms with Gasteiger partial charge in [0.15, 0.2) is 0 Å². The number of halogens is 1. The molecule has 1 aliphatic rings. The molecule has 1 heterocycles. The van der Waals surface area contributed by atoms with E-state index in [0.717, 1.165) is 11.8 Å². The van der Waals surface area contributed by atoms with Crippen molar-refractivity contribution in [3.63, 3.8) is 0 Å². The minimum absolute atomic E-state index is 0.778. The second kappa shape index (κ2) is 4.09. The first-order valence-corrected chi connectivity index (χ1v) is 6.16. The van der Waals surface area contributed by atoms with Gasteiger partial charge < -0.3 is 3.11 Å². The Balaban J connectivity index is 2.29. The third-order valence-corrected chi connectivity index (χ3v) is 3.99. The molecule has 0 saturated heterocycles. The van der Waals surface area contributed by atoms with E-state index >= 15 is 0 Å². The summed E-state index contributed by atoms with van der Waals surface area (Å²) in [7, 11) is 0. The Hall–Kier alpha value is -0.250. The van der Waals surface area contributed by atoms with Gasteiger partial charge in [-0.2, -0.15) is 0 Å². The lowest BCUT2D eigenvalue weighted by Crippen LogP contribution is -2.31. The van der Waals surface area contributed by atoms with Crippen LogP contribution >= 0.6 is 22.9 Å². The smallest absolute Gasteiger partial charge is 0.0591 e. The molecule has 0 aliphatic carbocycles. The number of benzene rings is 1. The first-order valence-electron chi connectivity index (χ1n) is 5.19. The molecule has 2 heteroatoms. The van der Waals surface area contributed by atoms with Crippen molar-refractivity contribution in [3.05, 3.63) is 29.8 Å². The van der Waals surface area contributed by atoms with Crippen LogP contribution in [0.25, 0.3) is 0 Å². The summed E-state index contributed by atoms with van der Waals surface area (Å²) in [4.78, 5) is 0. The van der Waals surface area contributed by atoms with Gasteiger partial charge in [0.05, 0.1) is 22.9 Å². The lowest BCUT2D eigenvalue weighted by Gasteiger charge is -2.33. The zero-order valence-corrected chi connectivity index (χ0v) is 10.9. The molecule has 0 N–H and O–H groups in total. The van der Waals surface area contributed by atoms with Gasteiger partial charge in [-0.3, -0.25) is 0 Å². The second-order valence-electron chi connectivity index (χ2n) is 4.38. The predicted molar refractivity (Wildman–Crippen MR) is 69.8 cm³/mol. The fourth-order valence-electron chi connectivity index (χ4n) is 2.02. The van der Waals surface area contributed by atoms with E-state index in [-0.39, 0.29) is 0 Å². The Labute approximate surface area is 100.0 Å². The number of hydrogen-bond acceptors (Lipinski definition) is 1. The predicted octanol–water partition coefficient (Wildman–Crippen LogP) is 3.67. The summed E-state index contributed by atoms with van der Waals surface area (Å²) in [5, 5.41) is 0. The minimum Gasteiger partial charge on any atom is -0.314 e. The van der Waals surface area contributed by atoms with Crippen LogP contribution in [0.2, 0.25) is 0 Å². The van der Waals surface area contributed by atoms with Gasteiger partial charge >= 0.3 is 0 Å². The summed E-state index contributed by atoms with van der Waals surface area (Å²) in [6, 6.07) is 8.75. The van der Waals surface area contributed by atoms with E-state index in [1.165, 1.54) is 24.2 Å². The van der Waals surface area contributed by atoms with Crippen LogP contribution in [-0.4, -0.2) is 6.54 Å². The second-order valence-corrected chi connectivity index (χ2v) is 5.55. The molecule has 0 radical (unpaired) electrons. The summed E-state index contributed by atoms with van der Waals surface area (Å²) in [5.74, 6) is 1.59. The Morgan fingerprint density at radius 1 is 1.36 bits per heavy atom. The van der Waals surface area contributed by atoms with Crippen molar-refractivity contribution in [2.75, 3.05) is 9.66 Å². The first-order chi connectivity index (χ1) is 6.68. The molecule has 1 atom stereocenters. The lowest BCUT2D eigenvalue weighted by molar-refractivity contribution is 0.387. The fourth-order valence-corrected chi connectivity index (χ4v) is 2.99. The highest BCUT2D eigenvalue weighted by Gasteiger charge is 2.24. The molecular weight excluding hydrogens is 285 g/mol. The van der Waals surface area contributed by atoms with Crippen molar-refractivity contribution in [3.8, 4) is 0 Å². The quantitative estimate of drug-likeness (QED) is 0.565. The summed E-state index contributed by atoms with van der Waals surface area (Å²) < 4.78 is 2.36. The van der Waals surface area contributed by atoms with Crippen LogP contribution in [0.5, 0.6) is 0 Å². The van der Waals surface area contributed by atoms with Gasteiger partial charge in [-0.25, -0.2) is 0 Å². The maximum absolute atomic E-state index is 2.43. The summed E-state index contributed by atoms with van der Waals surface area (Å²) in [6.45, 7) is 5.83. The third-order valence-electron chi connectivity index (χ3n) is 3.07. The van der Waals surface area contributed by atoms with E-state index < -0.39 is 0 Å². The van der Waals surface area contributed by atoms with E-state index in [1.807, 2.05) is 0 Å². The molecule has 1 nitrogen and oxygen atoms in total. The number of fused-ring (bicyclic) bond motifs is 1. The summed E-state index contributed by atoms with van der Waals surface area (Å²) >= 11 is 2.43. The van der Waals surface area contributed by atoms with Crippen molar-refractivity contribution in [1.29, 1.82) is 0 Å². The molecule has 0 fully saturated rings. The first kappa shape index (κ1) is 10.3. The van der Waals surface area contributed by atoms with E-state index in [0.29, 0.717) is 0 Å². The van der Waals surface area contributed by atoms with Gasteiger partial charge in [-0.1, -0.05) is 32.0 Å². The third kappa shape index (κ3) is 1.90. The molecular formula is C12H16IN. The summed E-state index contributed by atoms with van der Waals surface area (Å²) in [5.41, 5.74) is 2.91. The molecule has 0 aromatic heterocycles. The van der Waals surface area contributed by atoms with Crippen LogP contribution in [-0.2, 0) is 6.42 Å². The van der Waals surface area contributed by atoms with E-state index in [2.05, 4.69) is 64.1 Å². The SMILES string of the molecule is CC(C)[C@@H]1Cc2ccccc2N(I)C1. The maximum atomic E-state index is 2.43. The van der Waals surface area contributed by atoms with Crippen molar-refractivity contribution < 1.29 is 0 Å². The number of para-hydroxylation sites is 1. The van der Waals surface area contributed by atoms with Gasteiger partial charge in [0, 0.05) is 12.2 Å². The molecule has 0 amide bonds. The molecule has 1 aromatic rings. The fraction of sp³-hybridized carbons (Fsp3) is 0.500. The summed E-state index contributed by atoms with van der Waals surface area (Å²) in [6.07, 6.45) is 1.24. The monoisotopic (exact) mass is 301 g/mol. The van der Waals surface area contributed by atoms with Crippen LogP contribution in [0.1, 0.15) is 19.4 Å². The molecule has 1 aromatic carbocycles. The molecule has 0 spiro atoms. The zero-order valence-electron chi connectivity index (χ0n) is 8.70. The Morgan fingerprint density at radius 3 is 2.79 bits per heavy atom. The molecule has 14 heavy (non-hydrogen) atoms. The normalized spacial score (nSPS) is 21.1. The highest BCUT2D eigenvalue weighted by molar-refractivity contribution is 14.1. The van der Waals surface area contributed by atoms with Crippen molar-refractivity contribution in [2.45, 2.75) is 20.3 Å². The average molecular weight is 301 g/mol. The van der Waals surface area contributed by atoms with Crippen molar-refractivity contribution in [2.24, 2.45) is 11.8 Å². The van der Waals surface area contributed by atoms with Gasteiger partial charge in [0.25, 0.3) is 0 Å². The van der Waals surface area contributed by atoms with Gasteiger partial charge in [-0.05, 0) is 29.9 Å². The highest BCUT2D eigenvalue weighted by atomic mass is 127. The van der Waals surface area contributed by atoms with Crippen LogP contribution in [0.4, 0.5) is 5.69 Å². The molecule has 0 bridgehead atoms. The number of anilines is 1. The number of hydrogen-bond donors (Lipinski definition) is 0. The molecule has 0 saturated carbocycles. The van der Waals surface area contributed by atoms with E-state index in [1.54, 1.807) is 0 Å². The van der Waals surface area contributed by atoms with Crippen LogP contribution in [0.3, 0.4) is 0 Å². The Morgan fingerprint density at radius 2 is 2.07 bits per heavy atom. The topological polar surface area (TPSA) is 3.24 Å². The molecule has 76 valence electrons. The van der Waals surface area contributed by atoms with Crippen molar-refractivity contribution >= 4 is 28.6 Å². The molecule has 1 aliphatic heterocycles. The number of rotatable bonds is 1. The largest absolute Gasteiger partial charge is 0.314 e. The van der Waals surface area contributed by atoms with Crippen LogP contribution in [0, 0.1) is 11.8 Å².